The Hall–Kier alpha value is -1.08. The SMILES string of the molecule is CCC1NC(=O)C(CCC(=O)SCCN)NC1=O. The first kappa shape index (κ1) is 15.0. The lowest BCUT2D eigenvalue weighted by Gasteiger charge is -2.28. The molecule has 0 saturated carbocycles. The van der Waals surface area contributed by atoms with Gasteiger partial charge in [-0.3, -0.25) is 14.4 Å². The van der Waals surface area contributed by atoms with Crippen LogP contribution < -0.4 is 16.4 Å². The Morgan fingerprint density at radius 2 is 1.89 bits per heavy atom. The summed E-state index contributed by atoms with van der Waals surface area (Å²) in [5, 5.41) is 5.29. The van der Waals surface area contributed by atoms with Gasteiger partial charge in [-0.15, -0.1) is 0 Å². The monoisotopic (exact) mass is 273 g/mol. The molecule has 1 fully saturated rings. The van der Waals surface area contributed by atoms with Gasteiger partial charge in [0.15, 0.2) is 5.12 Å². The lowest BCUT2D eigenvalue weighted by atomic mass is 10.0. The molecule has 0 aromatic carbocycles. The van der Waals surface area contributed by atoms with E-state index in [1.807, 2.05) is 6.92 Å². The van der Waals surface area contributed by atoms with Crippen LogP contribution in [0.5, 0.6) is 0 Å². The zero-order chi connectivity index (χ0) is 13.5. The summed E-state index contributed by atoms with van der Waals surface area (Å²) in [5.74, 6) is 0.196. The molecule has 1 aliphatic heterocycles. The zero-order valence-corrected chi connectivity index (χ0v) is 11.2. The molecule has 0 aromatic heterocycles. The highest BCUT2D eigenvalue weighted by atomic mass is 32.2. The van der Waals surface area contributed by atoms with E-state index >= 15 is 0 Å². The van der Waals surface area contributed by atoms with Gasteiger partial charge in [0, 0.05) is 18.7 Å². The summed E-state index contributed by atoms with van der Waals surface area (Å²) in [6, 6.07) is -1.04. The van der Waals surface area contributed by atoms with E-state index in [1.54, 1.807) is 0 Å². The summed E-state index contributed by atoms with van der Waals surface area (Å²) in [5.41, 5.74) is 5.29. The molecule has 2 unspecified atom stereocenters. The molecule has 0 bridgehead atoms. The van der Waals surface area contributed by atoms with Crippen molar-refractivity contribution >= 4 is 28.7 Å². The number of nitrogens with one attached hydrogen (secondary N) is 2. The van der Waals surface area contributed by atoms with E-state index in [2.05, 4.69) is 10.6 Å². The van der Waals surface area contributed by atoms with E-state index < -0.39 is 12.1 Å². The van der Waals surface area contributed by atoms with Gasteiger partial charge in [0.05, 0.1) is 0 Å². The minimum Gasteiger partial charge on any atom is -0.343 e. The average molecular weight is 273 g/mol. The summed E-state index contributed by atoms with van der Waals surface area (Å²) in [4.78, 5) is 34.7. The van der Waals surface area contributed by atoms with Crippen molar-refractivity contribution in [2.75, 3.05) is 12.3 Å². The number of carbonyl (C=O) groups excluding carboxylic acids is 3. The Kier molecular flexibility index (Phi) is 6.14. The van der Waals surface area contributed by atoms with E-state index in [1.165, 1.54) is 0 Å². The van der Waals surface area contributed by atoms with Crippen LogP contribution in [0.4, 0.5) is 0 Å². The lowest BCUT2D eigenvalue weighted by molar-refractivity contribution is -0.137. The van der Waals surface area contributed by atoms with Crippen LogP contribution in [0.25, 0.3) is 0 Å². The maximum Gasteiger partial charge on any atom is 0.243 e. The molecule has 1 aliphatic rings. The van der Waals surface area contributed by atoms with Crippen molar-refractivity contribution in [2.24, 2.45) is 5.73 Å². The van der Waals surface area contributed by atoms with Crippen LogP contribution >= 0.6 is 11.8 Å². The molecule has 7 heteroatoms. The zero-order valence-electron chi connectivity index (χ0n) is 10.4. The largest absolute Gasteiger partial charge is 0.343 e. The number of hydrogen-bond donors (Lipinski definition) is 3. The van der Waals surface area contributed by atoms with Crippen LogP contribution in [0.1, 0.15) is 26.2 Å². The van der Waals surface area contributed by atoms with Crippen molar-refractivity contribution in [1.82, 2.24) is 10.6 Å². The third-order valence-corrected chi connectivity index (χ3v) is 3.66. The quantitative estimate of drug-likeness (QED) is 0.598. The lowest BCUT2D eigenvalue weighted by Crippen LogP contribution is -2.61. The molecular formula is C11H19N3O3S. The molecule has 18 heavy (non-hydrogen) atoms. The minimum absolute atomic E-state index is 0.000106. The molecule has 2 amide bonds. The van der Waals surface area contributed by atoms with Gasteiger partial charge >= 0.3 is 0 Å². The molecule has 102 valence electrons. The van der Waals surface area contributed by atoms with Gasteiger partial charge < -0.3 is 16.4 Å². The summed E-state index contributed by atoms with van der Waals surface area (Å²) >= 11 is 1.16. The highest BCUT2D eigenvalue weighted by molar-refractivity contribution is 8.13. The Balaban J connectivity index is 2.37. The fourth-order valence-electron chi connectivity index (χ4n) is 1.67. The Morgan fingerprint density at radius 3 is 2.50 bits per heavy atom. The van der Waals surface area contributed by atoms with Crippen molar-refractivity contribution in [2.45, 2.75) is 38.3 Å². The molecule has 1 heterocycles. The molecule has 0 radical (unpaired) electrons. The summed E-state index contributed by atoms with van der Waals surface area (Å²) in [7, 11) is 0. The third-order valence-electron chi connectivity index (χ3n) is 2.69. The van der Waals surface area contributed by atoms with Crippen LogP contribution in [0, 0.1) is 0 Å². The first-order valence-corrected chi connectivity index (χ1v) is 7.03. The first-order chi connectivity index (χ1) is 8.58. The fraction of sp³-hybridized carbons (Fsp3) is 0.727. The van der Waals surface area contributed by atoms with Crippen molar-refractivity contribution in [3.8, 4) is 0 Å². The van der Waals surface area contributed by atoms with E-state index in [0.29, 0.717) is 25.1 Å². The first-order valence-electron chi connectivity index (χ1n) is 6.05. The van der Waals surface area contributed by atoms with Crippen LogP contribution in [0.2, 0.25) is 0 Å². The Morgan fingerprint density at radius 1 is 1.28 bits per heavy atom. The molecule has 2 atom stereocenters. The Labute approximate surface area is 110 Å². The number of piperazine rings is 1. The number of nitrogens with two attached hydrogens (primary N) is 1. The van der Waals surface area contributed by atoms with Crippen molar-refractivity contribution in [3.05, 3.63) is 0 Å². The molecule has 6 nitrogen and oxygen atoms in total. The normalized spacial score (nSPS) is 23.4. The van der Waals surface area contributed by atoms with Crippen LogP contribution in [-0.4, -0.2) is 41.3 Å². The number of thioether (sulfide) groups is 1. The van der Waals surface area contributed by atoms with Gasteiger partial charge in [-0.25, -0.2) is 0 Å². The molecule has 1 rings (SSSR count). The highest BCUT2D eigenvalue weighted by Gasteiger charge is 2.32. The smallest absolute Gasteiger partial charge is 0.243 e. The van der Waals surface area contributed by atoms with Crippen molar-refractivity contribution in [1.29, 1.82) is 0 Å². The van der Waals surface area contributed by atoms with Crippen molar-refractivity contribution < 1.29 is 14.4 Å². The second-order valence-electron chi connectivity index (χ2n) is 4.08. The van der Waals surface area contributed by atoms with Crippen LogP contribution in [-0.2, 0) is 14.4 Å². The minimum atomic E-state index is -0.595. The fourth-order valence-corrected chi connectivity index (χ4v) is 2.28. The Bertz CT molecular complexity index is 335. The number of amides is 2. The molecule has 0 aromatic rings. The average Bonchev–Trinajstić information content (AvgIpc) is 2.36. The van der Waals surface area contributed by atoms with Crippen LogP contribution in [0.15, 0.2) is 0 Å². The second kappa shape index (κ2) is 7.38. The summed E-state index contributed by atoms with van der Waals surface area (Å²) in [6.45, 7) is 2.28. The van der Waals surface area contributed by atoms with E-state index in [9.17, 15) is 14.4 Å². The maximum atomic E-state index is 11.7. The standard InChI is InChI=1S/C11H19N3O3S/c1-2-7-10(16)14-8(11(17)13-7)3-4-9(15)18-6-5-12/h7-8H,2-6,12H2,1H3,(H,13,17)(H,14,16). The van der Waals surface area contributed by atoms with Gasteiger partial charge in [0.2, 0.25) is 11.8 Å². The molecule has 1 saturated heterocycles. The third kappa shape index (κ3) is 4.30. The number of hydrogen-bond acceptors (Lipinski definition) is 5. The molecule has 0 spiro atoms. The molecular weight excluding hydrogens is 254 g/mol. The van der Waals surface area contributed by atoms with Gasteiger partial charge in [0.1, 0.15) is 12.1 Å². The van der Waals surface area contributed by atoms with E-state index in [4.69, 9.17) is 5.73 Å². The maximum absolute atomic E-state index is 11.7. The van der Waals surface area contributed by atoms with Gasteiger partial charge in [-0.05, 0) is 12.8 Å². The predicted octanol–water partition coefficient (Wildman–Crippen LogP) is -0.622. The predicted molar refractivity (Wildman–Crippen MR) is 69.9 cm³/mol. The van der Waals surface area contributed by atoms with Crippen LogP contribution in [0.3, 0.4) is 0 Å². The summed E-state index contributed by atoms with van der Waals surface area (Å²) < 4.78 is 0. The van der Waals surface area contributed by atoms with Crippen molar-refractivity contribution in [3.63, 3.8) is 0 Å². The van der Waals surface area contributed by atoms with Gasteiger partial charge in [0.25, 0.3) is 0 Å². The van der Waals surface area contributed by atoms with Gasteiger partial charge in [-0.2, -0.15) is 0 Å². The summed E-state index contributed by atoms with van der Waals surface area (Å²) in [6.07, 6.45) is 1.17. The van der Waals surface area contributed by atoms with E-state index in [-0.39, 0.29) is 23.4 Å². The second-order valence-corrected chi connectivity index (χ2v) is 5.23. The number of rotatable bonds is 6. The van der Waals surface area contributed by atoms with E-state index in [0.717, 1.165) is 11.8 Å². The highest BCUT2D eigenvalue weighted by Crippen LogP contribution is 2.11. The topological polar surface area (TPSA) is 101 Å². The molecule has 4 N–H and O–H groups in total. The van der Waals surface area contributed by atoms with Gasteiger partial charge in [-0.1, -0.05) is 18.7 Å². The molecule has 0 aliphatic carbocycles. The number of carbonyl (C=O) groups is 3.